The molecule has 1 saturated heterocycles. The van der Waals surface area contributed by atoms with Crippen LogP contribution in [0.3, 0.4) is 0 Å². The maximum Gasteiger partial charge on any atom is 0.410 e. The van der Waals surface area contributed by atoms with E-state index in [0.717, 1.165) is 66.0 Å². The lowest BCUT2D eigenvalue weighted by Gasteiger charge is -2.39. The van der Waals surface area contributed by atoms with Gasteiger partial charge in [-0.05, 0) is 106 Å². The van der Waals surface area contributed by atoms with E-state index < -0.39 is 5.60 Å². The first kappa shape index (κ1) is 37.2. The van der Waals surface area contributed by atoms with Crippen LogP contribution in [0.15, 0.2) is 66.7 Å². The summed E-state index contributed by atoms with van der Waals surface area (Å²) in [6, 6.07) is 22.6. The van der Waals surface area contributed by atoms with Crippen molar-refractivity contribution in [2.75, 3.05) is 51.5 Å². The maximum atomic E-state index is 13.1. The number of aryl methyl sites for hydroxylation is 2. The number of ether oxygens (including phenoxy) is 5. The number of benzene rings is 3. The number of unbranched alkanes of at least 4 members (excludes halogenated alkanes) is 1. The number of carbonyl (C=O) groups excluding carboxylic acids is 2. The van der Waals surface area contributed by atoms with Crippen LogP contribution in [-0.4, -0.2) is 75.2 Å². The highest BCUT2D eigenvalue weighted by Crippen LogP contribution is 2.34. The molecule has 3 aromatic carbocycles. The van der Waals surface area contributed by atoms with Crippen molar-refractivity contribution >= 4 is 17.7 Å². The Kier molecular flexibility index (Phi) is 13.2. The first-order valence-corrected chi connectivity index (χ1v) is 18.0. The van der Waals surface area contributed by atoms with Gasteiger partial charge in [0.25, 0.3) is 0 Å². The molecule has 2 heterocycles. The summed E-state index contributed by atoms with van der Waals surface area (Å²) in [5.74, 6) is 2.00. The van der Waals surface area contributed by atoms with Gasteiger partial charge < -0.3 is 33.5 Å². The van der Waals surface area contributed by atoms with Gasteiger partial charge in [-0.1, -0.05) is 42.5 Å². The number of carbonyl (C=O) groups is 2. The van der Waals surface area contributed by atoms with Gasteiger partial charge in [-0.25, -0.2) is 4.79 Å². The van der Waals surface area contributed by atoms with E-state index in [0.29, 0.717) is 52.5 Å². The van der Waals surface area contributed by atoms with Crippen LogP contribution in [0.4, 0.5) is 10.5 Å². The van der Waals surface area contributed by atoms with E-state index in [2.05, 4.69) is 43.3 Å². The second-order valence-corrected chi connectivity index (χ2v) is 14.3. The predicted octanol–water partition coefficient (Wildman–Crippen LogP) is 7.86. The Labute approximate surface area is 297 Å². The van der Waals surface area contributed by atoms with Crippen LogP contribution in [0, 0.1) is 6.92 Å². The van der Waals surface area contributed by atoms with Gasteiger partial charge in [0.15, 0.2) is 0 Å². The van der Waals surface area contributed by atoms with Gasteiger partial charge in [0.2, 0.25) is 5.91 Å². The minimum Gasteiger partial charge on any atom is -0.494 e. The lowest BCUT2D eigenvalue weighted by molar-refractivity contribution is -0.118. The summed E-state index contributed by atoms with van der Waals surface area (Å²) in [5.41, 5.74) is 4.85. The summed E-state index contributed by atoms with van der Waals surface area (Å²) in [5, 5.41) is 0. The molecule has 270 valence electrons. The molecule has 9 nitrogen and oxygen atoms in total. The summed E-state index contributed by atoms with van der Waals surface area (Å²) in [7, 11) is 1.68. The average Bonchev–Trinajstić information content (AvgIpc) is 3.10. The van der Waals surface area contributed by atoms with Gasteiger partial charge in [-0.15, -0.1) is 0 Å². The molecule has 0 bridgehead atoms. The molecule has 0 spiro atoms. The number of anilines is 1. The molecule has 0 saturated carbocycles. The highest BCUT2D eigenvalue weighted by atomic mass is 16.6. The third-order valence-corrected chi connectivity index (χ3v) is 9.22. The molecule has 0 aromatic heterocycles. The highest BCUT2D eigenvalue weighted by molar-refractivity contribution is 5.96. The molecule has 2 amide bonds. The number of para-hydroxylation sites is 1. The van der Waals surface area contributed by atoms with Crippen LogP contribution in [0.25, 0.3) is 0 Å². The Bertz CT molecular complexity index is 1550. The second kappa shape index (κ2) is 17.7. The molecule has 50 heavy (non-hydrogen) atoms. The molecule has 9 heteroatoms. The van der Waals surface area contributed by atoms with Crippen molar-refractivity contribution in [1.82, 2.24) is 4.90 Å². The Morgan fingerprint density at radius 1 is 0.900 bits per heavy atom. The molecule has 0 N–H and O–H groups in total. The fourth-order valence-corrected chi connectivity index (χ4v) is 6.55. The van der Waals surface area contributed by atoms with Crippen molar-refractivity contribution in [2.24, 2.45) is 0 Å². The van der Waals surface area contributed by atoms with Gasteiger partial charge in [0, 0.05) is 44.8 Å². The molecule has 1 fully saturated rings. The monoisotopic (exact) mass is 686 g/mol. The molecular weight excluding hydrogens is 632 g/mol. The molecule has 3 aromatic rings. The largest absolute Gasteiger partial charge is 0.494 e. The molecule has 2 aliphatic rings. The van der Waals surface area contributed by atoms with Gasteiger partial charge in [-0.3, -0.25) is 4.79 Å². The molecule has 2 atom stereocenters. The maximum absolute atomic E-state index is 13.1. The molecule has 2 aliphatic heterocycles. The number of rotatable bonds is 15. The summed E-state index contributed by atoms with van der Waals surface area (Å²) >= 11 is 0. The minimum absolute atomic E-state index is 0.0890. The SMILES string of the molecule is COCCCN1C(=O)CCc2ccc(COC3CN(C(=O)OC(C)(C)C)CCC3c3ccc(OCCCCOc4ccccc4C)cc3)cc21. The topological polar surface area (TPSA) is 86.8 Å². The third-order valence-electron chi connectivity index (χ3n) is 9.22. The Morgan fingerprint density at radius 3 is 2.40 bits per heavy atom. The van der Waals surface area contributed by atoms with E-state index in [4.69, 9.17) is 23.7 Å². The van der Waals surface area contributed by atoms with Crippen molar-refractivity contribution in [1.29, 1.82) is 0 Å². The quantitative estimate of drug-likeness (QED) is 0.151. The standard InChI is InChI=1S/C41H54N2O7/c1-30-11-6-7-12-37(30)48-26-9-8-25-47-34-18-15-32(16-19-34)35-21-23-42(40(45)50-41(2,3)4)28-38(35)49-29-31-13-14-33-17-20-39(44)43(36(33)27-31)22-10-24-46-5/h6-7,11-16,18-19,27,35,38H,8-10,17,20-26,28-29H2,1-5H3. The highest BCUT2D eigenvalue weighted by Gasteiger charge is 2.35. The van der Waals surface area contributed by atoms with Crippen molar-refractivity contribution < 1.29 is 33.3 Å². The van der Waals surface area contributed by atoms with Crippen molar-refractivity contribution in [3.8, 4) is 11.5 Å². The lowest BCUT2D eigenvalue weighted by Crippen LogP contribution is -2.48. The van der Waals surface area contributed by atoms with Crippen LogP contribution in [0.2, 0.25) is 0 Å². The zero-order valence-corrected chi connectivity index (χ0v) is 30.5. The van der Waals surface area contributed by atoms with Crippen LogP contribution >= 0.6 is 0 Å². The smallest absolute Gasteiger partial charge is 0.410 e. The average molecular weight is 687 g/mol. The normalized spacial score (nSPS) is 17.7. The number of likely N-dealkylation sites (tertiary alicyclic amines) is 1. The zero-order chi connectivity index (χ0) is 35.5. The zero-order valence-electron chi connectivity index (χ0n) is 30.5. The van der Waals surface area contributed by atoms with Crippen molar-refractivity contribution in [2.45, 2.75) is 90.4 Å². The Morgan fingerprint density at radius 2 is 1.66 bits per heavy atom. The van der Waals surface area contributed by atoms with E-state index in [1.165, 1.54) is 5.56 Å². The molecule has 5 rings (SSSR count). The summed E-state index contributed by atoms with van der Waals surface area (Å²) in [6.07, 6.45) is 4.03. The van der Waals surface area contributed by atoms with E-state index >= 15 is 0 Å². The number of hydrogen-bond acceptors (Lipinski definition) is 7. The first-order chi connectivity index (χ1) is 24.1. The van der Waals surface area contributed by atoms with Gasteiger partial charge in [-0.2, -0.15) is 0 Å². The van der Waals surface area contributed by atoms with Gasteiger partial charge in [0.1, 0.15) is 17.1 Å². The number of nitrogens with zero attached hydrogens (tertiary/aromatic N) is 2. The Balaban J connectivity index is 1.21. The van der Waals surface area contributed by atoms with Crippen LogP contribution in [0.5, 0.6) is 11.5 Å². The van der Waals surface area contributed by atoms with E-state index in [9.17, 15) is 9.59 Å². The van der Waals surface area contributed by atoms with Crippen LogP contribution in [-0.2, 0) is 32.0 Å². The molecular formula is C41H54N2O7. The van der Waals surface area contributed by atoms with Crippen LogP contribution < -0.4 is 14.4 Å². The minimum atomic E-state index is -0.580. The first-order valence-electron chi connectivity index (χ1n) is 18.0. The van der Waals surface area contributed by atoms with E-state index in [-0.39, 0.29) is 24.0 Å². The van der Waals surface area contributed by atoms with Gasteiger partial charge in [0.05, 0.1) is 32.5 Å². The molecule has 0 radical (unpaired) electrons. The molecule has 0 aliphatic carbocycles. The van der Waals surface area contributed by atoms with E-state index in [1.54, 1.807) is 12.0 Å². The second-order valence-electron chi connectivity index (χ2n) is 14.3. The fraction of sp³-hybridized carbons (Fsp3) is 0.512. The van der Waals surface area contributed by atoms with Gasteiger partial charge >= 0.3 is 6.09 Å². The third kappa shape index (κ3) is 10.5. The lowest BCUT2D eigenvalue weighted by atomic mass is 9.87. The van der Waals surface area contributed by atoms with E-state index in [1.807, 2.05) is 56.0 Å². The summed E-state index contributed by atoms with van der Waals surface area (Å²) < 4.78 is 29.6. The number of hydrogen-bond donors (Lipinski definition) is 0. The predicted molar refractivity (Wildman–Crippen MR) is 195 cm³/mol. The number of piperidine rings is 1. The fourth-order valence-electron chi connectivity index (χ4n) is 6.55. The number of amides is 2. The Hall–Kier alpha value is -4.08. The van der Waals surface area contributed by atoms with Crippen LogP contribution in [0.1, 0.15) is 81.0 Å². The number of fused-ring (bicyclic) bond motifs is 1. The van der Waals surface area contributed by atoms with Crippen molar-refractivity contribution in [3.05, 3.63) is 89.0 Å². The summed E-state index contributed by atoms with van der Waals surface area (Å²) in [4.78, 5) is 29.6. The van der Waals surface area contributed by atoms with Crippen molar-refractivity contribution in [3.63, 3.8) is 0 Å². The number of methoxy groups -OCH3 is 1. The molecule has 2 unspecified atom stereocenters. The summed E-state index contributed by atoms with van der Waals surface area (Å²) in [6.45, 7) is 11.6.